The number of nitrogens with zero attached hydrogens (tertiary/aromatic N) is 2. The lowest BCUT2D eigenvalue weighted by Crippen LogP contribution is -2.34. The van der Waals surface area contributed by atoms with E-state index in [1.807, 2.05) is 60.7 Å². The van der Waals surface area contributed by atoms with Gasteiger partial charge in [0.2, 0.25) is 0 Å². The van der Waals surface area contributed by atoms with Gasteiger partial charge >= 0.3 is 0 Å². The molecule has 1 amide bonds. The fraction of sp³-hybridized carbons (Fsp3) is 0.233. The third kappa shape index (κ3) is 5.66. The predicted molar refractivity (Wildman–Crippen MR) is 147 cm³/mol. The Morgan fingerprint density at radius 2 is 1.61 bits per heavy atom. The van der Waals surface area contributed by atoms with Crippen LogP contribution in [0.25, 0.3) is 22.2 Å². The monoisotopic (exact) mass is 527 g/mol. The number of rotatable bonds is 7. The van der Waals surface area contributed by atoms with E-state index in [1.165, 1.54) is 6.07 Å². The van der Waals surface area contributed by atoms with Crippen molar-refractivity contribution in [3.8, 4) is 11.3 Å². The Kier molecular flexibility index (Phi) is 7.35. The average molecular weight is 528 g/mol. The number of carbonyl (C=O) groups is 2. The molecule has 0 saturated carbocycles. The number of hydrogen-bond donors (Lipinski definition) is 1. The first kappa shape index (κ1) is 25.8. The van der Waals surface area contributed by atoms with Crippen LogP contribution in [0.2, 0.25) is 0 Å². The predicted octanol–water partition coefficient (Wildman–Crippen LogP) is 4.40. The van der Waals surface area contributed by atoms with E-state index in [9.17, 15) is 18.0 Å². The molecule has 1 aromatic heterocycles. The van der Waals surface area contributed by atoms with Gasteiger partial charge in [-0.25, -0.2) is 13.4 Å². The van der Waals surface area contributed by atoms with Crippen LogP contribution in [-0.2, 0) is 27.7 Å². The first-order chi connectivity index (χ1) is 18.3. The molecule has 0 radical (unpaired) electrons. The van der Waals surface area contributed by atoms with Gasteiger partial charge in [0.1, 0.15) is 5.78 Å². The molecule has 1 aliphatic heterocycles. The van der Waals surface area contributed by atoms with Crippen molar-refractivity contribution in [2.24, 2.45) is 0 Å². The summed E-state index contributed by atoms with van der Waals surface area (Å²) >= 11 is 0. The van der Waals surface area contributed by atoms with E-state index in [1.54, 1.807) is 12.1 Å². The van der Waals surface area contributed by atoms with Gasteiger partial charge < -0.3 is 5.32 Å². The smallest absolute Gasteiger partial charge is 0.252 e. The summed E-state index contributed by atoms with van der Waals surface area (Å²) in [4.78, 5) is 33.1. The summed E-state index contributed by atoms with van der Waals surface area (Å²) in [5.74, 6) is -0.0630. The molecule has 4 aromatic rings. The second-order valence-electron chi connectivity index (χ2n) is 9.61. The Labute approximate surface area is 222 Å². The Hall–Kier alpha value is -3.88. The van der Waals surface area contributed by atoms with E-state index in [2.05, 4.69) is 10.2 Å². The van der Waals surface area contributed by atoms with Crippen LogP contribution in [-0.4, -0.2) is 49.3 Å². The lowest BCUT2D eigenvalue weighted by Gasteiger charge is -2.28. The molecule has 1 fully saturated rings. The number of carbonyl (C=O) groups excluding carboxylic acids is 2. The van der Waals surface area contributed by atoms with Crippen molar-refractivity contribution in [2.75, 3.05) is 19.3 Å². The summed E-state index contributed by atoms with van der Waals surface area (Å²) in [6, 6.07) is 24.0. The quantitative estimate of drug-likeness (QED) is 0.383. The summed E-state index contributed by atoms with van der Waals surface area (Å²) in [6.45, 7) is 1.93. The molecule has 0 atom stereocenters. The van der Waals surface area contributed by atoms with Gasteiger partial charge in [-0.1, -0.05) is 60.7 Å². The molecule has 0 unspecified atom stereocenters. The molecule has 3 aromatic carbocycles. The molecule has 0 aliphatic carbocycles. The number of Topliss-reactive ketones (excluding diaryl/α,β-unsaturated/α-hetero) is 1. The molecular weight excluding hydrogens is 498 g/mol. The lowest BCUT2D eigenvalue weighted by molar-refractivity contribution is -0.121. The number of pyridine rings is 1. The van der Waals surface area contributed by atoms with Gasteiger partial charge in [-0.3, -0.25) is 14.5 Å². The lowest BCUT2D eigenvalue weighted by atomic mass is 9.94. The molecule has 0 spiro atoms. The molecular formula is C30H29N3O4S. The van der Waals surface area contributed by atoms with Crippen LogP contribution in [0.3, 0.4) is 0 Å². The van der Waals surface area contributed by atoms with Crippen LogP contribution in [0.5, 0.6) is 0 Å². The highest BCUT2D eigenvalue weighted by molar-refractivity contribution is 7.90. The van der Waals surface area contributed by atoms with Gasteiger partial charge in [-0.15, -0.1) is 0 Å². The first-order valence-electron chi connectivity index (χ1n) is 12.6. The van der Waals surface area contributed by atoms with Crippen molar-refractivity contribution in [3.63, 3.8) is 0 Å². The summed E-state index contributed by atoms with van der Waals surface area (Å²) in [5.41, 5.74) is 4.16. The first-order valence-corrected chi connectivity index (χ1v) is 14.5. The van der Waals surface area contributed by atoms with Crippen LogP contribution in [0.4, 0.5) is 0 Å². The molecule has 194 valence electrons. The molecule has 0 bridgehead atoms. The highest BCUT2D eigenvalue weighted by Gasteiger charge is 2.26. The van der Waals surface area contributed by atoms with Gasteiger partial charge in [0, 0.05) is 61.8 Å². The number of ketones is 1. The number of amides is 1. The fourth-order valence-electron chi connectivity index (χ4n) is 4.81. The molecule has 8 heteroatoms. The fourth-order valence-corrected chi connectivity index (χ4v) is 5.46. The summed E-state index contributed by atoms with van der Waals surface area (Å²) in [6.07, 6.45) is 2.09. The van der Waals surface area contributed by atoms with Crippen LogP contribution < -0.4 is 5.32 Å². The summed E-state index contributed by atoms with van der Waals surface area (Å²) < 4.78 is 24.9. The maximum atomic E-state index is 13.9. The van der Waals surface area contributed by atoms with E-state index < -0.39 is 9.84 Å². The molecule has 5 rings (SSSR count). The zero-order valence-electron chi connectivity index (χ0n) is 21.2. The molecule has 1 saturated heterocycles. The van der Waals surface area contributed by atoms with E-state index in [-0.39, 0.29) is 16.6 Å². The zero-order chi connectivity index (χ0) is 26.7. The normalized spacial score (nSPS) is 14.5. The molecule has 1 aliphatic rings. The van der Waals surface area contributed by atoms with E-state index >= 15 is 0 Å². The second kappa shape index (κ2) is 10.8. The van der Waals surface area contributed by atoms with E-state index in [4.69, 9.17) is 4.98 Å². The maximum Gasteiger partial charge on any atom is 0.252 e. The van der Waals surface area contributed by atoms with Crippen molar-refractivity contribution in [1.82, 2.24) is 15.2 Å². The SMILES string of the molecule is CS(=O)(=O)c1ccc2nc(-c3ccccc3)c(CN3CCC(=O)CC3)c(C(=O)NCc3ccccc3)c2c1. The van der Waals surface area contributed by atoms with Gasteiger partial charge in [-0.2, -0.15) is 0 Å². The van der Waals surface area contributed by atoms with Crippen LogP contribution in [0.15, 0.2) is 83.8 Å². The number of piperidine rings is 1. The van der Waals surface area contributed by atoms with E-state index in [0.717, 1.165) is 17.4 Å². The van der Waals surface area contributed by atoms with Crippen LogP contribution >= 0.6 is 0 Å². The largest absolute Gasteiger partial charge is 0.348 e. The van der Waals surface area contributed by atoms with Crippen LogP contribution in [0, 0.1) is 0 Å². The minimum atomic E-state index is -3.51. The molecule has 7 nitrogen and oxygen atoms in total. The van der Waals surface area contributed by atoms with Crippen molar-refractivity contribution >= 4 is 32.4 Å². The Morgan fingerprint density at radius 3 is 2.26 bits per heavy atom. The Balaban J connectivity index is 1.70. The summed E-state index contributed by atoms with van der Waals surface area (Å²) in [7, 11) is -3.51. The van der Waals surface area contributed by atoms with Crippen LogP contribution in [0.1, 0.15) is 34.3 Å². The van der Waals surface area contributed by atoms with Gasteiger partial charge in [-0.05, 0) is 23.8 Å². The van der Waals surface area contributed by atoms with Crippen molar-refractivity contribution in [1.29, 1.82) is 0 Å². The van der Waals surface area contributed by atoms with Gasteiger partial charge in [0.25, 0.3) is 5.91 Å². The molecule has 38 heavy (non-hydrogen) atoms. The minimum absolute atomic E-state index is 0.130. The molecule has 1 N–H and O–H groups in total. The number of nitrogens with one attached hydrogen (secondary N) is 1. The third-order valence-corrected chi connectivity index (χ3v) is 7.96. The average Bonchev–Trinajstić information content (AvgIpc) is 2.93. The van der Waals surface area contributed by atoms with Gasteiger partial charge in [0.15, 0.2) is 9.84 Å². The standard InChI is InChI=1S/C30H29N3O4S/c1-38(36,37)24-12-13-27-25(18-24)28(30(35)31-19-21-8-4-2-5-9-21)26(20-33-16-14-23(34)15-17-33)29(32-27)22-10-6-3-7-11-22/h2-13,18H,14-17,19-20H2,1H3,(H,31,35). The highest BCUT2D eigenvalue weighted by Crippen LogP contribution is 2.33. The Morgan fingerprint density at radius 1 is 0.947 bits per heavy atom. The maximum absolute atomic E-state index is 13.9. The van der Waals surface area contributed by atoms with Crippen molar-refractivity contribution in [2.45, 2.75) is 30.8 Å². The number of aromatic nitrogens is 1. The topological polar surface area (TPSA) is 96.4 Å². The zero-order valence-corrected chi connectivity index (χ0v) is 22.0. The number of fused-ring (bicyclic) bond motifs is 1. The second-order valence-corrected chi connectivity index (χ2v) is 11.6. The van der Waals surface area contributed by atoms with Crippen molar-refractivity contribution in [3.05, 3.63) is 95.6 Å². The number of hydrogen-bond acceptors (Lipinski definition) is 6. The van der Waals surface area contributed by atoms with Gasteiger partial charge in [0.05, 0.1) is 21.7 Å². The number of benzene rings is 3. The number of likely N-dealkylation sites (tertiary alicyclic amines) is 1. The van der Waals surface area contributed by atoms with E-state index in [0.29, 0.717) is 66.7 Å². The number of sulfone groups is 1. The summed E-state index contributed by atoms with van der Waals surface area (Å²) in [5, 5.41) is 3.53. The van der Waals surface area contributed by atoms with Crippen molar-refractivity contribution < 1.29 is 18.0 Å². The molecule has 2 heterocycles. The highest BCUT2D eigenvalue weighted by atomic mass is 32.2. The Bertz CT molecular complexity index is 1590. The third-order valence-electron chi connectivity index (χ3n) is 6.85. The minimum Gasteiger partial charge on any atom is -0.348 e.